The van der Waals surface area contributed by atoms with Gasteiger partial charge >= 0.3 is 0 Å². The van der Waals surface area contributed by atoms with Gasteiger partial charge in [0.1, 0.15) is 5.01 Å². The molecule has 0 radical (unpaired) electrons. The number of benzene rings is 1. The van der Waals surface area contributed by atoms with Gasteiger partial charge in [0.15, 0.2) is 17.5 Å². The summed E-state index contributed by atoms with van der Waals surface area (Å²) in [5.74, 6) is 0.666. The van der Waals surface area contributed by atoms with E-state index in [1.54, 1.807) is 17.4 Å². The quantitative estimate of drug-likeness (QED) is 0.604. The molecule has 1 heterocycles. The van der Waals surface area contributed by atoms with E-state index in [-0.39, 0.29) is 11.6 Å². The molecule has 2 rings (SSSR count). The first-order valence-corrected chi connectivity index (χ1v) is 9.14. The molecule has 0 amide bonds. The third-order valence-electron chi connectivity index (χ3n) is 3.65. The lowest BCUT2D eigenvalue weighted by molar-refractivity contribution is 0.385. The zero-order valence-electron chi connectivity index (χ0n) is 15.2. The fourth-order valence-corrected chi connectivity index (χ4v) is 3.14. The molecule has 0 aliphatic heterocycles. The van der Waals surface area contributed by atoms with E-state index in [9.17, 15) is 4.39 Å². The predicted molar refractivity (Wildman–Crippen MR) is 101 cm³/mol. The van der Waals surface area contributed by atoms with E-state index in [4.69, 9.17) is 4.74 Å². The molecule has 1 aromatic heterocycles. The number of ether oxygens (including phenoxy) is 1. The second kappa shape index (κ2) is 9.36. The van der Waals surface area contributed by atoms with E-state index in [1.807, 2.05) is 31.1 Å². The maximum absolute atomic E-state index is 13.9. The molecule has 1 N–H and O–H groups in total. The minimum atomic E-state index is -0.356. The number of nitrogens with zero attached hydrogens (tertiary/aromatic N) is 3. The number of rotatable bonds is 7. The van der Waals surface area contributed by atoms with Gasteiger partial charge in [-0.1, -0.05) is 13.0 Å². The number of thiazole rings is 1. The monoisotopic (exact) mass is 364 g/mol. The SMILES string of the molecule is CCNC(=NCc1ncc(CC)s1)N(C)Cc1ccc(OC)c(F)c1. The zero-order valence-corrected chi connectivity index (χ0v) is 16.0. The van der Waals surface area contributed by atoms with Crippen molar-refractivity contribution in [1.82, 2.24) is 15.2 Å². The molecule has 0 bridgehead atoms. The van der Waals surface area contributed by atoms with Gasteiger partial charge < -0.3 is 15.0 Å². The van der Waals surface area contributed by atoms with Crippen LogP contribution in [-0.2, 0) is 19.5 Å². The van der Waals surface area contributed by atoms with E-state index in [1.165, 1.54) is 18.1 Å². The molecule has 0 unspecified atom stereocenters. The van der Waals surface area contributed by atoms with Crippen LogP contribution in [0.2, 0.25) is 0 Å². The number of nitrogens with one attached hydrogen (secondary N) is 1. The van der Waals surface area contributed by atoms with Gasteiger partial charge in [0.05, 0.1) is 13.7 Å². The van der Waals surface area contributed by atoms with Crippen LogP contribution < -0.4 is 10.1 Å². The summed E-state index contributed by atoms with van der Waals surface area (Å²) in [6.07, 6.45) is 2.90. The normalized spacial score (nSPS) is 11.5. The number of hydrogen-bond acceptors (Lipinski definition) is 4. The van der Waals surface area contributed by atoms with Gasteiger partial charge in [0.25, 0.3) is 0 Å². The van der Waals surface area contributed by atoms with Gasteiger partial charge in [0.2, 0.25) is 0 Å². The van der Waals surface area contributed by atoms with Gasteiger partial charge in [-0.15, -0.1) is 11.3 Å². The third kappa shape index (κ3) is 5.42. The lowest BCUT2D eigenvalue weighted by Crippen LogP contribution is -2.38. The predicted octanol–water partition coefficient (Wildman–Crippen LogP) is 3.45. The molecule has 0 aliphatic rings. The van der Waals surface area contributed by atoms with E-state index < -0.39 is 0 Å². The summed E-state index contributed by atoms with van der Waals surface area (Å²) in [5.41, 5.74) is 0.855. The molecule has 1 aromatic carbocycles. The standard InChI is InChI=1S/C18H25FN4OS/c1-5-14-10-21-17(25-14)11-22-18(20-6-2)23(3)12-13-7-8-16(24-4)15(19)9-13/h7-10H,5-6,11-12H2,1-4H3,(H,20,22). The fourth-order valence-electron chi connectivity index (χ4n) is 2.35. The topological polar surface area (TPSA) is 49.8 Å². The Balaban J connectivity index is 2.07. The van der Waals surface area contributed by atoms with Crippen LogP contribution in [0.25, 0.3) is 0 Å². The summed E-state index contributed by atoms with van der Waals surface area (Å²) in [6.45, 7) is 5.98. The lowest BCUT2D eigenvalue weighted by atomic mass is 10.2. The summed E-state index contributed by atoms with van der Waals surface area (Å²) in [6, 6.07) is 4.99. The average Bonchev–Trinajstić information content (AvgIpc) is 3.06. The van der Waals surface area contributed by atoms with Gasteiger partial charge in [-0.3, -0.25) is 0 Å². The van der Waals surface area contributed by atoms with Crippen molar-refractivity contribution in [2.45, 2.75) is 33.4 Å². The highest BCUT2D eigenvalue weighted by atomic mass is 32.1. The van der Waals surface area contributed by atoms with E-state index >= 15 is 0 Å². The molecular weight excluding hydrogens is 339 g/mol. The van der Waals surface area contributed by atoms with Gasteiger partial charge in [-0.05, 0) is 31.0 Å². The van der Waals surface area contributed by atoms with Crippen molar-refractivity contribution >= 4 is 17.3 Å². The Hall–Kier alpha value is -2.15. The van der Waals surface area contributed by atoms with Crippen LogP contribution in [0.5, 0.6) is 5.75 Å². The minimum absolute atomic E-state index is 0.252. The first-order valence-electron chi connectivity index (χ1n) is 8.32. The molecule has 0 fully saturated rings. The maximum atomic E-state index is 13.9. The van der Waals surface area contributed by atoms with Crippen molar-refractivity contribution in [3.05, 3.63) is 45.7 Å². The van der Waals surface area contributed by atoms with Crippen LogP contribution in [-0.4, -0.2) is 36.5 Å². The molecule has 0 spiro atoms. The Bertz CT molecular complexity index is 717. The van der Waals surface area contributed by atoms with Gasteiger partial charge in [-0.25, -0.2) is 14.4 Å². The molecular formula is C18H25FN4OS. The first kappa shape index (κ1) is 19.2. The van der Waals surface area contributed by atoms with Crippen LogP contribution in [0.3, 0.4) is 0 Å². The number of methoxy groups -OCH3 is 1. The largest absolute Gasteiger partial charge is 0.494 e. The summed E-state index contributed by atoms with van der Waals surface area (Å²) in [5, 5.41) is 4.26. The smallest absolute Gasteiger partial charge is 0.194 e. The van der Waals surface area contributed by atoms with Crippen LogP contribution in [0.15, 0.2) is 29.4 Å². The Morgan fingerprint density at radius 1 is 1.40 bits per heavy atom. The molecule has 25 heavy (non-hydrogen) atoms. The van der Waals surface area contributed by atoms with Gasteiger partial charge in [-0.2, -0.15) is 0 Å². The van der Waals surface area contributed by atoms with Crippen molar-refractivity contribution in [3.8, 4) is 5.75 Å². The van der Waals surface area contributed by atoms with Crippen molar-refractivity contribution in [1.29, 1.82) is 0 Å². The summed E-state index contributed by atoms with van der Waals surface area (Å²) in [4.78, 5) is 12.3. The molecule has 7 heteroatoms. The van der Waals surface area contributed by atoms with Crippen molar-refractivity contribution in [3.63, 3.8) is 0 Å². The second-order valence-electron chi connectivity index (χ2n) is 5.57. The number of aryl methyl sites for hydroxylation is 1. The first-order chi connectivity index (χ1) is 12.1. The zero-order chi connectivity index (χ0) is 18.2. The lowest BCUT2D eigenvalue weighted by Gasteiger charge is -2.22. The molecule has 0 saturated carbocycles. The Morgan fingerprint density at radius 2 is 2.20 bits per heavy atom. The van der Waals surface area contributed by atoms with E-state index in [2.05, 4.69) is 22.2 Å². The molecule has 5 nitrogen and oxygen atoms in total. The summed E-state index contributed by atoms with van der Waals surface area (Å²) >= 11 is 1.69. The Morgan fingerprint density at radius 3 is 2.80 bits per heavy atom. The highest BCUT2D eigenvalue weighted by Crippen LogP contribution is 2.18. The molecule has 2 aromatic rings. The number of hydrogen-bond donors (Lipinski definition) is 1. The number of halogens is 1. The third-order valence-corrected chi connectivity index (χ3v) is 4.77. The van der Waals surface area contributed by atoms with E-state index in [0.717, 1.165) is 29.5 Å². The van der Waals surface area contributed by atoms with E-state index in [0.29, 0.717) is 13.1 Å². The van der Waals surface area contributed by atoms with Crippen molar-refractivity contribution in [2.24, 2.45) is 4.99 Å². The number of guanidine groups is 1. The van der Waals surface area contributed by atoms with Crippen molar-refractivity contribution in [2.75, 3.05) is 20.7 Å². The maximum Gasteiger partial charge on any atom is 0.194 e. The van der Waals surface area contributed by atoms with Gasteiger partial charge in [0, 0.05) is 31.2 Å². The van der Waals surface area contributed by atoms with Crippen LogP contribution >= 0.6 is 11.3 Å². The molecule has 0 aliphatic carbocycles. The molecule has 136 valence electrons. The van der Waals surface area contributed by atoms with Crippen LogP contribution in [0, 0.1) is 5.82 Å². The van der Waals surface area contributed by atoms with Crippen LogP contribution in [0.1, 0.15) is 29.3 Å². The molecule has 0 saturated heterocycles. The Kier molecular flexibility index (Phi) is 7.18. The van der Waals surface area contributed by atoms with Crippen LogP contribution in [0.4, 0.5) is 4.39 Å². The highest BCUT2D eigenvalue weighted by molar-refractivity contribution is 7.11. The Labute approximate surface area is 152 Å². The minimum Gasteiger partial charge on any atom is -0.494 e. The van der Waals surface area contributed by atoms with Crippen molar-refractivity contribution < 1.29 is 9.13 Å². The highest BCUT2D eigenvalue weighted by Gasteiger charge is 2.10. The number of aromatic nitrogens is 1. The molecule has 0 atom stereocenters. The summed E-state index contributed by atoms with van der Waals surface area (Å²) < 4.78 is 18.8. The summed E-state index contributed by atoms with van der Waals surface area (Å²) in [7, 11) is 3.39. The fraction of sp³-hybridized carbons (Fsp3) is 0.444. The average molecular weight is 364 g/mol. The number of aliphatic imine (C=N–C) groups is 1. The second-order valence-corrected chi connectivity index (χ2v) is 6.77.